The summed E-state index contributed by atoms with van der Waals surface area (Å²) in [6.45, 7) is 6.84. The van der Waals surface area contributed by atoms with Gasteiger partial charge in [-0.25, -0.2) is 0 Å². The minimum Gasteiger partial charge on any atom is -0.378 e. The highest BCUT2D eigenvalue weighted by atomic mass is 16.5. The molecule has 0 amide bonds. The molecule has 2 N–H and O–H groups in total. The predicted molar refractivity (Wildman–Crippen MR) is 134 cm³/mol. The molecule has 1 aromatic heterocycles. The molecule has 34 heavy (non-hydrogen) atoms. The van der Waals surface area contributed by atoms with Gasteiger partial charge in [0.05, 0.1) is 29.3 Å². The first-order chi connectivity index (χ1) is 16.6. The Balaban J connectivity index is 1.31. The molecule has 3 aliphatic rings. The number of anilines is 2. The Labute approximate surface area is 200 Å². The summed E-state index contributed by atoms with van der Waals surface area (Å²) in [6, 6.07) is 18.1. The molecule has 4 heterocycles. The fourth-order valence-electron chi connectivity index (χ4n) is 6.09. The molecule has 3 aliphatic heterocycles. The van der Waals surface area contributed by atoms with Crippen molar-refractivity contribution in [2.24, 2.45) is 5.73 Å². The lowest BCUT2D eigenvalue weighted by atomic mass is 9.99. The standard InChI is InChI=1S/C27H30N6O/c1-17-12-32(24-8-5-18(11-28)27-22(24)4-3-9-30-27)15-25-21-7-6-20(10-19(21)13-33(17)25)31-14-23(29)26(16-31)34-2/h3-10,17,23,25-26H,12-16,29H2,1-2H3/t17-,23-,25-,26+/m1/s1. The summed E-state index contributed by atoms with van der Waals surface area (Å²) < 4.78 is 5.56. The van der Waals surface area contributed by atoms with Crippen molar-refractivity contribution in [2.45, 2.75) is 37.7 Å². The lowest BCUT2D eigenvalue weighted by Crippen LogP contribution is -2.51. The molecule has 174 valence electrons. The number of ether oxygens (including phenoxy) is 1. The van der Waals surface area contributed by atoms with Gasteiger partial charge in [-0.2, -0.15) is 5.26 Å². The molecule has 0 spiro atoms. The molecule has 2 fully saturated rings. The molecular formula is C27H30N6O. The van der Waals surface area contributed by atoms with Gasteiger partial charge < -0.3 is 20.3 Å². The topological polar surface area (TPSA) is 81.7 Å². The lowest BCUT2D eigenvalue weighted by Gasteiger charge is -2.43. The van der Waals surface area contributed by atoms with Crippen LogP contribution in [-0.2, 0) is 11.3 Å². The Bertz CT molecular complexity index is 1290. The van der Waals surface area contributed by atoms with Crippen molar-refractivity contribution in [3.63, 3.8) is 0 Å². The number of hydrogen-bond acceptors (Lipinski definition) is 7. The first-order valence-electron chi connectivity index (χ1n) is 12.0. The molecule has 7 nitrogen and oxygen atoms in total. The van der Waals surface area contributed by atoms with E-state index in [4.69, 9.17) is 10.5 Å². The number of nitrogens with zero attached hydrogens (tertiary/aromatic N) is 5. The molecule has 2 aromatic carbocycles. The van der Waals surface area contributed by atoms with Crippen LogP contribution in [-0.4, -0.2) is 61.4 Å². The number of nitriles is 1. The Morgan fingerprint density at radius 3 is 2.76 bits per heavy atom. The van der Waals surface area contributed by atoms with Gasteiger partial charge in [-0.3, -0.25) is 9.88 Å². The van der Waals surface area contributed by atoms with E-state index in [1.165, 1.54) is 16.8 Å². The molecule has 2 saturated heterocycles. The fourth-order valence-corrected chi connectivity index (χ4v) is 6.09. The van der Waals surface area contributed by atoms with Crippen molar-refractivity contribution >= 4 is 22.3 Å². The van der Waals surface area contributed by atoms with Crippen LogP contribution in [0.15, 0.2) is 48.7 Å². The van der Waals surface area contributed by atoms with Crippen LogP contribution in [0.4, 0.5) is 11.4 Å². The second kappa shape index (κ2) is 8.24. The number of aromatic nitrogens is 1. The summed E-state index contributed by atoms with van der Waals surface area (Å²) >= 11 is 0. The molecule has 0 aliphatic carbocycles. The summed E-state index contributed by atoms with van der Waals surface area (Å²) in [7, 11) is 1.75. The summed E-state index contributed by atoms with van der Waals surface area (Å²) in [4.78, 5) is 12.0. The van der Waals surface area contributed by atoms with Gasteiger partial charge in [0, 0.05) is 68.8 Å². The van der Waals surface area contributed by atoms with Crippen LogP contribution in [0.25, 0.3) is 10.9 Å². The number of benzene rings is 2. The molecule has 6 rings (SSSR count). The number of rotatable bonds is 3. The highest BCUT2D eigenvalue weighted by Gasteiger charge is 2.40. The monoisotopic (exact) mass is 454 g/mol. The molecule has 3 aromatic rings. The lowest BCUT2D eigenvalue weighted by molar-refractivity contribution is 0.108. The molecule has 0 radical (unpaired) electrons. The van der Waals surface area contributed by atoms with Gasteiger partial charge in [-0.05, 0) is 54.4 Å². The Hall–Kier alpha value is -3.18. The van der Waals surface area contributed by atoms with E-state index in [0.29, 0.717) is 17.6 Å². The van der Waals surface area contributed by atoms with E-state index in [1.54, 1.807) is 13.3 Å². The van der Waals surface area contributed by atoms with Gasteiger partial charge in [0.2, 0.25) is 0 Å². The average Bonchev–Trinajstić information content (AvgIpc) is 3.43. The van der Waals surface area contributed by atoms with Crippen LogP contribution >= 0.6 is 0 Å². The average molecular weight is 455 g/mol. The molecule has 0 bridgehead atoms. The van der Waals surface area contributed by atoms with E-state index in [0.717, 1.165) is 49.3 Å². The molecule has 4 atom stereocenters. The number of piperazine rings is 1. The number of pyridine rings is 1. The summed E-state index contributed by atoms with van der Waals surface area (Å²) in [5.74, 6) is 0. The first kappa shape index (κ1) is 21.4. The SMILES string of the molecule is CO[C@H]1CN(c2ccc3c(c2)CN2[C@H](C)CN(c4ccc(C#N)c5ncccc45)C[C@H]32)C[C@H]1N. The van der Waals surface area contributed by atoms with Gasteiger partial charge in [0.15, 0.2) is 0 Å². The number of hydrogen-bond donors (Lipinski definition) is 1. The third-order valence-electron chi connectivity index (χ3n) is 7.87. The highest BCUT2D eigenvalue weighted by Crippen LogP contribution is 2.42. The number of fused-ring (bicyclic) bond motifs is 4. The maximum atomic E-state index is 9.53. The Morgan fingerprint density at radius 1 is 1.09 bits per heavy atom. The van der Waals surface area contributed by atoms with E-state index in [9.17, 15) is 5.26 Å². The second-order valence-electron chi connectivity index (χ2n) is 9.81. The number of nitrogens with two attached hydrogens (primary N) is 1. The smallest absolute Gasteiger partial charge is 0.101 e. The number of methoxy groups -OCH3 is 1. The zero-order valence-electron chi connectivity index (χ0n) is 19.7. The zero-order valence-corrected chi connectivity index (χ0v) is 19.7. The van der Waals surface area contributed by atoms with Crippen molar-refractivity contribution in [3.05, 3.63) is 65.4 Å². The van der Waals surface area contributed by atoms with E-state index >= 15 is 0 Å². The van der Waals surface area contributed by atoms with Crippen molar-refractivity contribution in [2.75, 3.05) is 43.1 Å². The maximum absolute atomic E-state index is 9.53. The molecule has 7 heteroatoms. The Kier molecular flexibility index (Phi) is 5.18. The summed E-state index contributed by atoms with van der Waals surface area (Å²) in [6.07, 6.45) is 1.85. The van der Waals surface area contributed by atoms with Crippen molar-refractivity contribution in [1.82, 2.24) is 9.88 Å². The molecule has 0 saturated carbocycles. The molecular weight excluding hydrogens is 424 g/mol. The van der Waals surface area contributed by atoms with E-state index in [-0.39, 0.29) is 12.1 Å². The predicted octanol–water partition coefficient (Wildman–Crippen LogP) is 3.03. The molecule has 0 unspecified atom stereocenters. The zero-order chi connectivity index (χ0) is 23.4. The largest absolute Gasteiger partial charge is 0.378 e. The van der Waals surface area contributed by atoms with Crippen LogP contribution in [0, 0.1) is 11.3 Å². The van der Waals surface area contributed by atoms with Crippen molar-refractivity contribution in [1.29, 1.82) is 5.26 Å². The fraction of sp³-hybridized carbons (Fsp3) is 0.407. The first-order valence-corrected chi connectivity index (χ1v) is 12.0. The van der Waals surface area contributed by atoms with Gasteiger partial charge in [0.1, 0.15) is 6.07 Å². The third kappa shape index (κ3) is 3.33. The van der Waals surface area contributed by atoms with Crippen LogP contribution < -0.4 is 15.5 Å². The second-order valence-corrected chi connectivity index (χ2v) is 9.81. The van der Waals surface area contributed by atoms with Gasteiger partial charge in [-0.15, -0.1) is 0 Å². The summed E-state index contributed by atoms with van der Waals surface area (Å²) in [5, 5.41) is 10.6. The maximum Gasteiger partial charge on any atom is 0.101 e. The van der Waals surface area contributed by atoms with Crippen molar-refractivity contribution < 1.29 is 4.74 Å². The summed E-state index contributed by atoms with van der Waals surface area (Å²) in [5.41, 5.74) is 12.9. The Morgan fingerprint density at radius 2 is 1.97 bits per heavy atom. The van der Waals surface area contributed by atoms with Crippen LogP contribution in [0.3, 0.4) is 0 Å². The van der Waals surface area contributed by atoms with Crippen LogP contribution in [0.2, 0.25) is 0 Å². The minimum absolute atomic E-state index is 0.0508. The van der Waals surface area contributed by atoms with Gasteiger partial charge >= 0.3 is 0 Å². The van der Waals surface area contributed by atoms with Crippen LogP contribution in [0.1, 0.15) is 29.7 Å². The van der Waals surface area contributed by atoms with E-state index in [1.807, 2.05) is 12.1 Å². The van der Waals surface area contributed by atoms with Gasteiger partial charge in [0.25, 0.3) is 0 Å². The quantitative estimate of drug-likeness (QED) is 0.651. The van der Waals surface area contributed by atoms with Crippen LogP contribution in [0.5, 0.6) is 0 Å². The highest BCUT2D eigenvalue weighted by molar-refractivity contribution is 5.95. The van der Waals surface area contributed by atoms with E-state index in [2.05, 4.69) is 63.0 Å². The van der Waals surface area contributed by atoms with Crippen molar-refractivity contribution in [3.8, 4) is 6.07 Å². The van der Waals surface area contributed by atoms with E-state index < -0.39 is 0 Å². The minimum atomic E-state index is 0.0508. The normalized spacial score (nSPS) is 26.5. The third-order valence-corrected chi connectivity index (χ3v) is 7.87. The van der Waals surface area contributed by atoms with Gasteiger partial charge in [-0.1, -0.05) is 6.07 Å².